The first-order valence-corrected chi connectivity index (χ1v) is 8.05. The summed E-state index contributed by atoms with van der Waals surface area (Å²) in [5, 5.41) is 14.3. The number of aryl methyl sites for hydroxylation is 1. The molecule has 124 valence electrons. The zero-order valence-corrected chi connectivity index (χ0v) is 13.3. The van der Waals surface area contributed by atoms with Crippen LogP contribution in [0.5, 0.6) is 0 Å². The molecular formula is C16H22N4O3. The molecule has 23 heavy (non-hydrogen) atoms. The lowest BCUT2D eigenvalue weighted by atomic mass is 10.1. The lowest BCUT2D eigenvalue weighted by Gasteiger charge is -2.38. The summed E-state index contributed by atoms with van der Waals surface area (Å²) >= 11 is 0. The number of piperazine rings is 1. The first-order valence-electron chi connectivity index (χ1n) is 8.05. The number of nitro benzene ring substituents is 1. The third-order valence-corrected chi connectivity index (χ3v) is 4.81. The minimum atomic E-state index is -0.457. The second kappa shape index (κ2) is 6.64. The highest BCUT2D eigenvalue weighted by Crippen LogP contribution is 2.20. The molecule has 3 rings (SSSR count). The SMILES string of the molecule is Cc1ccc([N+](=O)[O-])cc1C(=O)N1CCN(C2CCNC2)CC1. The van der Waals surface area contributed by atoms with Crippen molar-refractivity contribution in [3.63, 3.8) is 0 Å². The lowest BCUT2D eigenvalue weighted by molar-refractivity contribution is -0.384. The molecule has 7 nitrogen and oxygen atoms in total. The van der Waals surface area contributed by atoms with Gasteiger partial charge in [0.2, 0.25) is 0 Å². The van der Waals surface area contributed by atoms with Crippen molar-refractivity contribution in [1.29, 1.82) is 0 Å². The number of nitrogens with one attached hydrogen (secondary N) is 1. The predicted octanol–water partition coefficient (Wildman–Crippen LogP) is 1.02. The van der Waals surface area contributed by atoms with Crippen LogP contribution in [0.4, 0.5) is 5.69 Å². The highest BCUT2D eigenvalue weighted by atomic mass is 16.6. The highest BCUT2D eigenvalue weighted by Gasteiger charge is 2.29. The van der Waals surface area contributed by atoms with Gasteiger partial charge in [-0.1, -0.05) is 6.07 Å². The van der Waals surface area contributed by atoms with Gasteiger partial charge in [-0.2, -0.15) is 0 Å². The van der Waals surface area contributed by atoms with Crippen molar-refractivity contribution in [1.82, 2.24) is 15.1 Å². The maximum atomic E-state index is 12.7. The van der Waals surface area contributed by atoms with Gasteiger partial charge in [-0.25, -0.2) is 0 Å². The van der Waals surface area contributed by atoms with Gasteiger partial charge in [0.25, 0.3) is 11.6 Å². The van der Waals surface area contributed by atoms with E-state index >= 15 is 0 Å². The molecule has 7 heteroatoms. The van der Waals surface area contributed by atoms with E-state index in [2.05, 4.69) is 10.2 Å². The Morgan fingerprint density at radius 3 is 2.65 bits per heavy atom. The van der Waals surface area contributed by atoms with Crippen LogP contribution in [-0.2, 0) is 0 Å². The van der Waals surface area contributed by atoms with Crippen LogP contribution in [0.1, 0.15) is 22.3 Å². The molecule has 0 aliphatic carbocycles. The van der Waals surface area contributed by atoms with Gasteiger partial charge in [0.05, 0.1) is 4.92 Å². The van der Waals surface area contributed by atoms with Crippen molar-refractivity contribution >= 4 is 11.6 Å². The van der Waals surface area contributed by atoms with Crippen LogP contribution in [0.3, 0.4) is 0 Å². The molecule has 1 aromatic rings. The largest absolute Gasteiger partial charge is 0.336 e. The van der Waals surface area contributed by atoms with E-state index in [-0.39, 0.29) is 11.6 Å². The number of rotatable bonds is 3. The topological polar surface area (TPSA) is 78.7 Å². The Bertz CT molecular complexity index is 605. The van der Waals surface area contributed by atoms with Crippen LogP contribution in [0, 0.1) is 17.0 Å². The quantitative estimate of drug-likeness (QED) is 0.665. The van der Waals surface area contributed by atoms with Crippen molar-refractivity contribution in [3.05, 3.63) is 39.4 Å². The molecule has 2 aliphatic heterocycles. The number of hydrogen-bond acceptors (Lipinski definition) is 5. The minimum Gasteiger partial charge on any atom is -0.336 e. The molecule has 1 aromatic carbocycles. The van der Waals surface area contributed by atoms with Crippen LogP contribution >= 0.6 is 0 Å². The van der Waals surface area contributed by atoms with Gasteiger partial charge in [-0.15, -0.1) is 0 Å². The molecule has 0 saturated carbocycles. The summed E-state index contributed by atoms with van der Waals surface area (Å²) in [6.45, 7) is 7.00. The number of carbonyl (C=O) groups excluding carboxylic acids is 1. The van der Waals surface area contributed by atoms with Crippen molar-refractivity contribution in [2.24, 2.45) is 0 Å². The Kier molecular flexibility index (Phi) is 4.58. The van der Waals surface area contributed by atoms with Crippen molar-refractivity contribution in [3.8, 4) is 0 Å². The van der Waals surface area contributed by atoms with Crippen LogP contribution in [0.2, 0.25) is 0 Å². The molecule has 0 aromatic heterocycles. The number of hydrogen-bond donors (Lipinski definition) is 1. The number of amides is 1. The van der Waals surface area contributed by atoms with Crippen LogP contribution in [0.25, 0.3) is 0 Å². The van der Waals surface area contributed by atoms with Crippen LogP contribution < -0.4 is 5.32 Å². The zero-order chi connectivity index (χ0) is 16.4. The molecule has 1 amide bonds. The molecule has 2 fully saturated rings. The molecule has 0 bridgehead atoms. The summed E-state index contributed by atoms with van der Waals surface area (Å²) in [5.74, 6) is -0.101. The minimum absolute atomic E-state index is 0.0328. The monoisotopic (exact) mass is 318 g/mol. The molecule has 1 atom stereocenters. The summed E-state index contributed by atoms with van der Waals surface area (Å²) in [6, 6.07) is 5.06. The van der Waals surface area contributed by atoms with Crippen LogP contribution in [-0.4, -0.2) is 65.9 Å². The fraction of sp³-hybridized carbons (Fsp3) is 0.562. The van der Waals surface area contributed by atoms with Gasteiger partial charge < -0.3 is 10.2 Å². The van der Waals surface area contributed by atoms with E-state index in [1.165, 1.54) is 12.1 Å². The number of benzene rings is 1. The smallest absolute Gasteiger partial charge is 0.270 e. The van der Waals surface area contributed by atoms with Gasteiger partial charge >= 0.3 is 0 Å². The Morgan fingerprint density at radius 1 is 1.30 bits per heavy atom. The summed E-state index contributed by atoms with van der Waals surface area (Å²) in [5.41, 5.74) is 1.19. The lowest BCUT2D eigenvalue weighted by Crippen LogP contribution is -2.52. The fourth-order valence-electron chi connectivity index (χ4n) is 3.37. The van der Waals surface area contributed by atoms with E-state index in [1.807, 2.05) is 11.8 Å². The normalized spacial score (nSPS) is 22.3. The molecule has 0 radical (unpaired) electrons. The maximum Gasteiger partial charge on any atom is 0.270 e. The van der Waals surface area contributed by atoms with E-state index in [0.29, 0.717) is 24.7 Å². The molecule has 0 spiro atoms. The van der Waals surface area contributed by atoms with E-state index in [9.17, 15) is 14.9 Å². The summed E-state index contributed by atoms with van der Waals surface area (Å²) in [6.07, 6.45) is 1.16. The Labute approximate surface area is 135 Å². The number of nitrogens with zero attached hydrogens (tertiary/aromatic N) is 3. The Balaban J connectivity index is 1.67. The van der Waals surface area contributed by atoms with Crippen molar-refractivity contribution in [2.75, 3.05) is 39.3 Å². The molecule has 2 saturated heterocycles. The van der Waals surface area contributed by atoms with Gasteiger partial charge in [0.1, 0.15) is 0 Å². The van der Waals surface area contributed by atoms with Gasteiger partial charge in [0.15, 0.2) is 0 Å². The summed E-state index contributed by atoms with van der Waals surface area (Å²) in [4.78, 5) is 27.4. The first kappa shape index (κ1) is 15.9. The van der Waals surface area contributed by atoms with E-state index in [1.54, 1.807) is 6.07 Å². The molecule has 2 heterocycles. The van der Waals surface area contributed by atoms with E-state index in [4.69, 9.17) is 0 Å². The third kappa shape index (κ3) is 3.35. The molecule has 1 N–H and O–H groups in total. The maximum absolute atomic E-state index is 12.7. The van der Waals surface area contributed by atoms with Gasteiger partial charge in [0, 0.05) is 56.5 Å². The average molecular weight is 318 g/mol. The highest BCUT2D eigenvalue weighted by molar-refractivity contribution is 5.96. The summed E-state index contributed by atoms with van der Waals surface area (Å²) in [7, 11) is 0. The number of nitro groups is 1. The molecular weight excluding hydrogens is 296 g/mol. The Hall–Kier alpha value is -1.99. The van der Waals surface area contributed by atoms with Crippen LogP contribution in [0.15, 0.2) is 18.2 Å². The summed E-state index contributed by atoms with van der Waals surface area (Å²) < 4.78 is 0. The van der Waals surface area contributed by atoms with Gasteiger partial charge in [-0.3, -0.25) is 19.8 Å². The van der Waals surface area contributed by atoms with E-state index in [0.717, 1.165) is 38.2 Å². The van der Waals surface area contributed by atoms with Gasteiger partial charge in [-0.05, 0) is 25.5 Å². The standard InChI is InChI=1S/C16H22N4O3/c1-12-2-3-13(20(22)23)10-15(12)16(21)19-8-6-18(7-9-19)14-4-5-17-11-14/h2-3,10,14,17H,4-9,11H2,1H3. The Morgan fingerprint density at radius 2 is 2.04 bits per heavy atom. The predicted molar refractivity (Wildman–Crippen MR) is 86.6 cm³/mol. The number of non-ortho nitro benzene ring substituents is 1. The number of carbonyl (C=O) groups is 1. The fourth-order valence-corrected chi connectivity index (χ4v) is 3.37. The average Bonchev–Trinajstić information content (AvgIpc) is 3.09. The third-order valence-electron chi connectivity index (χ3n) is 4.81. The van der Waals surface area contributed by atoms with E-state index < -0.39 is 4.92 Å². The molecule has 2 aliphatic rings. The molecule has 1 unspecified atom stereocenters. The zero-order valence-electron chi connectivity index (χ0n) is 13.3. The van der Waals surface area contributed by atoms with Crippen molar-refractivity contribution in [2.45, 2.75) is 19.4 Å². The second-order valence-electron chi connectivity index (χ2n) is 6.23. The van der Waals surface area contributed by atoms with Crippen molar-refractivity contribution < 1.29 is 9.72 Å². The first-order chi connectivity index (χ1) is 11.1. The second-order valence-corrected chi connectivity index (χ2v) is 6.23.